The molecular formula is C8H11NO3S. The van der Waals surface area contributed by atoms with Crippen molar-refractivity contribution in [3.8, 4) is 0 Å². The van der Waals surface area contributed by atoms with Crippen LogP contribution in [0.5, 0.6) is 0 Å². The van der Waals surface area contributed by atoms with Gasteiger partial charge in [0.15, 0.2) is 14.9 Å². The molecule has 1 rings (SSSR count). The number of nitrogens with zero attached hydrogens (tertiary/aromatic N) is 1. The highest BCUT2D eigenvalue weighted by atomic mass is 32.2. The van der Waals surface area contributed by atoms with Gasteiger partial charge >= 0.3 is 0 Å². The maximum atomic E-state index is 11.3. The van der Waals surface area contributed by atoms with Crippen LogP contribution >= 0.6 is 0 Å². The first-order valence-corrected chi connectivity index (χ1v) is 5.54. The maximum Gasteiger partial charge on any atom is 0.195 e. The van der Waals surface area contributed by atoms with Crippen molar-refractivity contribution in [3.63, 3.8) is 0 Å². The molecule has 4 nitrogen and oxygen atoms in total. The van der Waals surface area contributed by atoms with Gasteiger partial charge in [-0.3, -0.25) is 0 Å². The number of aliphatic hydroxyl groups excluding tert-OH is 1. The third-order valence-corrected chi connectivity index (χ3v) is 3.30. The van der Waals surface area contributed by atoms with Gasteiger partial charge in [0.25, 0.3) is 0 Å². The SMILES string of the molecule is CCS(=O)(=O)c1cc(CO)ccn1. The molecule has 0 bridgehead atoms. The van der Waals surface area contributed by atoms with Gasteiger partial charge < -0.3 is 5.11 Å². The molecule has 0 aliphatic rings. The minimum Gasteiger partial charge on any atom is -0.392 e. The van der Waals surface area contributed by atoms with E-state index in [2.05, 4.69) is 4.98 Å². The van der Waals surface area contributed by atoms with E-state index in [1.807, 2.05) is 0 Å². The van der Waals surface area contributed by atoms with Gasteiger partial charge in [-0.2, -0.15) is 0 Å². The number of pyridine rings is 1. The molecule has 0 radical (unpaired) electrons. The number of aromatic nitrogens is 1. The van der Waals surface area contributed by atoms with Crippen LogP contribution in [0, 0.1) is 0 Å². The molecule has 1 aromatic rings. The second kappa shape index (κ2) is 3.85. The quantitative estimate of drug-likeness (QED) is 0.767. The van der Waals surface area contributed by atoms with Gasteiger partial charge in [0, 0.05) is 6.20 Å². The van der Waals surface area contributed by atoms with E-state index in [9.17, 15) is 8.42 Å². The van der Waals surface area contributed by atoms with Crippen molar-refractivity contribution in [3.05, 3.63) is 23.9 Å². The molecular weight excluding hydrogens is 190 g/mol. The molecule has 0 saturated heterocycles. The Morgan fingerprint density at radius 1 is 1.54 bits per heavy atom. The van der Waals surface area contributed by atoms with E-state index in [4.69, 9.17) is 5.11 Å². The summed E-state index contributed by atoms with van der Waals surface area (Å²) >= 11 is 0. The third-order valence-electron chi connectivity index (χ3n) is 1.68. The molecule has 13 heavy (non-hydrogen) atoms. The monoisotopic (exact) mass is 201 g/mol. The number of sulfone groups is 1. The number of hydrogen-bond donors (Lipinski definition) is 1. The first kappa shape index (κ1) is 10.1. The van der Waals surface area contributed by atoms with Gasteiger partial charge in [0.05, 0.1) is 12.4 Å². The van der Waals surface area contributed by atoms with E-state index < -0.39 is 9.84 Å². The predicted octanol–water partition coefficient (Wildman–Crippen LogP) is 0.368. The minimum atomic E-state index is -3.25. The number of rotatable bonds is 3. The van der Waals surface area contributed by atoms with Crippen molar-refractivity contribution >= 4 is 9.84 Å². The highest BCUT2D eigenvalue weighted by molar-refractivity contribution is 7.91. The largest absolute Gasteiger partial charge is 0.392 e. The van der Waals surface area contributed by atoms with Crippen LogP contribution in [-0.2, 0) is 16.4 Å². The summed E-state index contributed by atoms with van der Waals surface area (Å²) in [6, 6.07) is 2.97. The summed E-state index contributed by atoms with van der Waals surface area (Å²) in [7, 11) is -3.25. The molecule has 0 spiro atoms. The second-order valence-corrected chi connectivity index (χ2v) is 4.79. The summed E-state index contributed by atoms with van der Waals surface area (Å²) in [4.78, 5) is 3.73. The Morgan fingerprint density at radius 2 is 2.23 bits per heavy atom. The van der Waals surface area contributed by atoms with Crippen LogP contribution in [0.25, 0.3) is 0 Å². The topological polar surface area (TPSA) is 67.3 Å². The number of hydrogen-bond acceptors (Lipinski definition) is 4. The molecule has 0 fully saturated rings. The van der Waals surface area contributed by atoms with E-state index in [1.54, 1.807) is 13.0 Å². The van der Waals surface area contributed by atoms with Crippen molar-refractivity contribution in [2.75, 3.05) is 5.75 Å². The summed E-state index contributed by atoms with van der Waals surface area (Å²) in [5.41, 5.74) is 0.557. The zero-order valence-electron chi connectivity index (χ0n) is 7.27. The predicted molar refractivity (Wildman–Crippen MR) is 47.9 cm³/mol. The van der Waals surface area contributed by atoms with Crippen LogP contribution in [0.15, 0.2) is 23.4 Å². The maximum absolute atomic E-state index is 11.3. The van der Waals surface area contributed by atoms with Crippen molar-refractivity contribution in [1.29, 1.82) is 0 Å². The lowest BCUT2D eigenvalue weighted by atomic mass is 10.3. The average molecular weight is 201 g/mol. The van der Waals surface area contributed by atoms with Gasteiger partial charge in [-0.15, -0.1) is 0 Å². The summed E-state index contributed by atoms with van der Waals surface area (Å²) in [5, 5.41) is 8.81. The van der Waals surface area contributed by atoms with Gasteiger partial charge in [-0.1, -0.05) is 6.92 Å². The molecule has 5 heteroatoms. The van der Waals surface area contributed by atoms with Crippen molar-refractivity contribution < 1.29 is 13.5 Å². The molecule has 0 amide bonds. The minimum absolute atomic E-state index is 0.0227. The fourth-order valence-corrected chi connectivity index (χ4v) is 1.71. The van der Waals surface area contributed by atoms with Crippen LogP contribution < -0.4 is 0 Å². The number of aliphatic hydroxyl groups is 1. The van der Waals surface area contributed by atoms with Crippen LogP contribution in [0.2, 0.25) is 0 Å². The summed E-state index contributed by atoms with van der Waals surface area (Å²) < 4.78 is 22.6. The van der Waals surface area contributed by atoms with Crippen molar-refractivity contribution in [1.82, 2.24) is 4.98 Å². The van der Waals surface area contributed by atoms with Gasteiger partial charge in [-0.25, -0.2) is 13.4 Å². The van der Waals surface area contributed by atoms with Crippen molar-refractivity contribution in [2.45, 2.75) is 18.6 Å². The summed E-state index contributed by atoms with van der Waals surface area (Å²) in [5.74, 6) is 0.0227. The molecule has 72 valence electrons. The highest BCUT2D eigenvalue weighted by Crippen LogP contribution is 2.09. The smallest absolute Gasteiger partial charge is 0.195 e. The van der Waals surface area contributed by atoms with Crippen LogP contribution in [0.3, 0.4) is 0 Å². The lowest BCUT2D eigenvalue weighted by Gasteiger charge is -2.01. The Morgan fingerprint density at radius 3 is 2.77 bits per heavy atom. The molecule has 1 aromatic heterocycles. The van der Waals surface area contributed by atoms with Crippen LogP contribution in [0.1, 0.15) is 12.5 Å². The van der Waals surface area contributed by atoms with Gasteiger partial charge in [-0.05, 0) is 17.7 Å². The normalized spacial score (nSPS) is 11.5. The van der Waals surface area contributed by atoms with Gasteiger partial charge in [0.2, 0.25) is 0 Å². The molecule has 0 saturated carbocycles. The lowest BCUT2D eigenvalue weighted by Crippen LogP contribution is -2.06. The molecule has 0 aliphatic carbocycles. The Labute approximate surface area is 77.2 Å². The van der Waals surface area contributed by atoms with Crippen LogP contribution in [0.4, 0.5) is 0 Å². The summed E-state index contributed by atoms with van der Waals surface area (Å²) in [6.07, 6.45) is 1.38. The molecule has 0 atom stereocenters. The van der Waals surface area contributed by atoms with Gasteiger partial charge in [0.1, 0.15) is 0 Å². The standard InChI is InChI=1S/C8H11NO3S/c1-2-13(11,12)8-5-7(6-10)3-4-9-8/h3-5,10H,2,6H2,1H3. The lowest BCUT2D eigenvalue weighted by molar-refractivity contribution is 0.281. The fourth-order valence-electron chi connectivity index (χ4n) is 0.867. The van der Waals surface area contributed by atoms with Crippen LogP contribution in [-0.4, -0.2) is 24.3 Å². The Bertz CT molecular complexity index is 386. The van der Waals surface area contributed by atoms with E-state index >= 15 is 0 Å². The van der Waals surface area contributed by atoms with Crippen molar-refractivity contribution in [2.24, 2.45) is 0 Å². The Kier molecular flexibility index (Phi) is 3.00. The van der Waals surface area contributed by atoms with E-state index in [1.165, 1.54) is 12.3 Å². The molecule has 0 unspecified atom stereocenters. The Balaban J connectivity index is 3.17. The van der Waals surface area contributed by atoms with E-state index in [-0.39, 0.29) is 17.4 Å². The third kappa shape index (κ3) is 2.26. The molecule has 1 heterocycles. The molecule has 0 aromatic carbocycles. The first-order chi connectivity index (χ1) is 6.10. The molecule has 0 aliphatic heterocycles. The van der Waals surface area contributed by atoms with E-state index in [0.29, 0.717) is 5.56 Å². The average Bonchev–Trinajstić information content (AvgIpc) is 2.18. The highest BCUT2D eigenvalue weighted by Gasteiger charge is 2.12. The fraction of sp³-hybridized carbons (Fsp3) is 0.375. The Hall–Kier alpha value is -0.940. The first-order valence-electron chi connectivity index (χ1n) is 3.88. The summed E-state index contributed by atoms with van der Waals surface area (Å²) in [6.45, 7) is 1.39. The van der Waals surface area contributed by atoms with E-state index in [0.717, 1.165) is 0 Å². The zero-order chi connectivity index (χ0) is 9.90. The second-order valence-electron chi connectivity index (χ2n) is 2.56. The molecule has 1 N–H and O–H groups in total. The zero-order valence-corrected chi connectivity index (χ0v) is 8.08.